The largest absolute Gasteiger partial charge is 0.456 e. The SMILES string of the molecule is CC1(C)c2ccccc2-c2cc(-n3c4ccccc4c4ccc5c(c6ccccc6n5-c5ccc6c(c5)oc5ccccc56)c43)ccc21. The summed E-state index contributed by atoms with van der Waals surface area (Å²) in [6.07, 6.45) is 0. The molecule has 1 aliphatic rings. The van der Waals surface area contributed by atoms with Gasteiger partial charge in [-0.2, -0.15) is 0 Å². The number of hydrogen-bond acceptors (Lipinski definition) is 1. The molecule has 226 valence electrons. The molecule has 0 fully saturated rings. The molecule has 1 aliphatic carbocycles. The van der Waals surface area contributed by atoms with Crippen molar-refractivity contribution in [3.63, 3.8) is 0 Å². The molecule has 10 aromatic rings. The average Bonchev–Trinajstić information content (AvgIpc) is 3.83. The summed E-state index contributed by atoms with van der Waals surface area (Å²) < 4.78 is 11.3. The Bertz CT molecular complexity index is 2980. The first-order valence-corrected chi connectivity index (χ1v) is 16.7. The Morgan fingerprint density at radius 2 is 1.06 bits per heavy atom. The quantitative estimate of drug-likeness (QED) is 0.190. The molecule has 0 saturated heterocycles. The first kappa shape index (κ1) is 26.1. The van der Waals surface area contributed by atoms with Crippen LogP contribution in [0, 0.1) is 0 Å². The highest BCUT2D eigenvalue weighted by Gasteiger charge is 2.35. The molecule has 0 amide bonds. The summed E-state index contributed by atoms with van der Waals surface area (Å²) in [4.78, 5) is 0. The number of rotatable bonds is 2. The zero-order valence-corrected chi connectivity index (χ0v) is 26.7. The topological polar surface area (TPSA) is 23.0 Å². The van der Waals surface area contributed by atoms with E-state index < -0.39 is 0 Å². The van der Waals surface area contributed by atoms with Gasteiger partial charge in [-0.3, -0.25) is 0 Å². The molecule has 0 atom stereocenters. The molecule has 7 aromatic carbocycles. The number of aromatic nitrogens is 2. The van der Waals surface area contributed by atoms with Gasteiger partial charge in [-0.15, -0.1) is 0 Å². The zero-order valence-electron chi connectivity index (χ0n) is 26.7. The third-order valence-electron chi connectivity index (χ3n) is 10.9. The minimum absolute atomic E-state index is 0.0348. The zero-order chi connectivity index (χ0) is 31.7. The average molecular weight is 615 g/mol. The Morgan fingerprint density at radius 1 is 0.438 bits per heavy atom. The van der Waals surface area contributed by atoms with Crippen LogP contribution in [0.15, 0.2) is 150 Å². The Morgan fingerprint density at radius 3 is 1.94 bits per heavy atom. The lowest BCUT2D eigenvalue weighted by Gasteiger charge is -2.21. The van der Waals surface area contributed by atoms with Crippen LogP contribution in [0.3, 0.4) is 0 Å². The van der Waals surface area contributed by atoms with Gasteiger partial charge in [-0.05, 0) is 70.8 Å². The molecular formula is C45H30N2O. The van der Waals surface area contributed by atoms with E-state index in [-0.39, 0.29) is 5.41 Å². The third-order valence-corrected chi connectivity index (χ3v) is 10.9. The molecule has 0 spiro atoms. The van der Waals surface area contributed by atoms with Crippen LogP contribution in [0.5, 0.6) is 0 Å². The van der Waals surface area contributed by atoms with Crippen molar-refractivity contribution in [2.75, 3.05) is 0 Å². The van der Waals surface area contributed by atoms with Crippen LogP contribution >= 0.6 is 0 Å². The van der Waals surface area contributed by atoms with E-state index >= 15 is 0 Å². The lowest BCUT2D eigenvalue weighted by atomic mass is 9.82. The molecule has 0 unspecified atom stereocenters. The molecule has 11 rings (SSSR count). The van der Waals surface area contributed by atoms with E-state index in [0.717, 1.165) is 27.6 Å². The van der Waals surface area contributed by atoms with Gasteiger partial charge in [-0.1, -0.05) is 105 Å². The van der Waals surface area contributed by atoms with Crippen LogP contribution in [-0.4, -0.2) is 9.13 Å². The van der Waals surface area contributed by atoms with Crippen molar-refractivity contribution in [2.45, 2.75) is 19.3 Å². The smallest absolute Gasteiger partial charge is 0.137 e. The van der Waals surface area contributed by atoms with Crippen molar-refractivity contribution >= 4 is 65.6 Å². The fraction of sp³-hybridized carbons (Fsp3) is 0.0667. The molecule has 3 heterocycles. The predicted octanol–water partition coefficient (Wildman–Crippen LogP) is 12.1. The van der Waals surface area contributed by atoms with Gasteiger partial charge in [0.2, 0.25) is 0 Å². The fourth-order valence-electron chi connectivity index (χ4n) is 8.76. The summed E-state index contributed by atoms with van der Waals surface area (Å²) in [5.74, 6) is 0. The molecule has 0 radical (unpaired) electrons. The minimum atomic E-state index is -0.0348. The standard InChI is InChI=1S/C45H30N2O/c1-45(2)36-15-7-3-11-29(36)35-25-27(20-23-37(35)45)47-38-16-8-4-12-30(38)33-22-24-40-43(44(33)47)34-14-5-9-17-39(34)46(40)28-19-21-32-31-13-6-10-18-41(31)48-42(32)26-28/h3-26H,1-2H3. The van der Waals surface area contributed by atoms with Crippen molar-refractivity contribution in [2.24, 2.45) is 0 Å². The van der Waals surface area contributed by atoms with E-state index in [1.165, 1.54) is 71.6 Å². The molecule has 48 heavy (non-hydrogen) atoms. The van der Waals surface area contributed by atoms with Gasteiger partial charge in [0, 0.05) is 55.2 Å². The Labute approximate surface area is 276 Å². The molecule has 0 aliphatic heterocycles. The van der Waals surface area contributed by atoms with Crippen molar-refractivity contribution in [1.29, 1.82) is 0 Å². The number of fused-ring (bicyclic) bond motifs is 13. The van der Waals surface area contributed by atoms with Crippen LogP contribution in [0.25, 0.3) is 88.1 Å². The summed E-state index contributed by atoms with van der Waals surface area (Å²) in [5, 5.41) is 7.29. The summed E-state index contributed by atoms with van der Waals surface area (Å²) in [6.45, 7) is 4.69. The molecule has 3 nitrogen and oxygen atoms in total. The summed E-state index contributed by atoms with van der Waals surface area (Å²) in [6, 6.07) is 53.2. The van der Waals surface area contributed by atoms with Crippen LogP contribution < -0.4 is 0 Å². The Balaban J connectivity index is 1.25. The maximum atomic E-state index is 6.36. The highest BCUT2D eigenvalue weighted by Crippen LogP contribution is 2.50. The van der Waals surface area contributed by atoms with Crippen molar-refractivity contribution in [3.8, 4) is 22.5 Å². The lowest BCUT2D eigenvalue weighted by molar-refractivity contribution is 0.660. The monoisotopic (exact) mass is 614 g/mol. The first-order valence-electron chi connectivity index (χ1n) is 16.7. The van der Waals surface area contributed by atoms with E-state index in [1.54, 1.807) is 0 Å². The van der Waals surface area contributed by atoms with Gasteiger partial charge in [-0.25, -0.2) is 0 Å². The number of hydrogen-bond donors (Lipinski definition) is 0. The number of para-hydroxylation sites is 3. The molecule has 0 N–H and O–H groups in total. The normalized spacial score (nSPS) is 13.8. The summed E-state index contributed by atoms with van der Waals surface area (Å²) in [7, 11) is 0. The van der Waals surface area contributed by atoms with Crippen LogP contribution in [0.2, 0.25) is 0 Å². The second-order valence-electron chi connectivity index (χ2n) is 13.7. The summed E-state index contributed by atoms with van der Waals surface area (Å²) in [5.41, 5.74) is 14.3. The third kappa shape index (κ3) is 3.23. The van der Waals surface area contributed by atoms with Gasteiger partial charge < -0.3 is 13.6 Å². The van der Waals surface area contributed by atoms with Crippen molar-refractivity contribution < 1.29 is 4.42 Å². The van der Waals surface area contributed by atoms with Crippen molar-refractivity contribution in [3.05, 3.63) is 157 Å². The van der Waals surface area contributed by atoms with E-state index in [1.807, 2.05) is 12.1 Å². The van der Waals surface area contributed by atoms with Crippen molar-refractivity contribution in [1.82, 2.24) is 9.13 Å². The second-order valence-corrected chi connectivity index (χ2v) is 13.7. The Hall–Kier alpha value is -6.06. The van der Waals surface area contributed by atoms with E-state index in [2.05, 4.69) is 156 Å². The van der Waals surface area contributed by atoms with E-state index in [9.17, 15) is 0 Å². The van der Waals surface area contributed by atoms with Gasteiger partial charge in [0.1, 0.15) is 11.2 Å². The van der Waals surface area contributed by atoms with Gasteiger partial charge >= 0.3 is 0 Å². The van der Waals surface area contributed by atoms with Crippen LogP contribution in [0.4, 0.5) is 0 Å². The highest BCUT2D eigenvalue weighted by atomic mass is 16.3. The minimum Gasteiger partial charge on any atom is -0.456 e. The molecule has 3 aromatic heterocycles. The highest BCUT2D eigenvalue weighted by molar-refractivity contribution is 6.26. The maximum Gasteiger partial charge on any atom is 0.137 e. The molecular weight excluding hydrogens is 585 g/mol. The molecule has 0 bridgehead atoms. The van der Waals surface area contributed by atoms with Crippen LogP contribution in [-0.2, 0) is 5.41 Å². The maximum absolute atomic E-state index is 6.36. The second kappa shape index (κ2) is 9.05. The summed E-state index contributed by atoms with van der Waals surface area (Å²) >= 11 is 0. The lowest BCUT2D eigenvalue weighted by Crippen LogP contribution is -2.14. The van der Waals surface area contributed by atoms with E-state index in [0.29, 0.717) is 0 Å². The number of benzene rings is 7. The predicted molar refractivity (Wildman–Crippen MR) is 200 cm³/mol. The first-order chi connectivity index (χ1) is 23.6. The molecule has 0 saturated carbocycles. The Kier molecular flexibility index (Phi) is 4.91. The van der Waals surface area contributed by atoms with Gasteiger partial charge in [0.15, 0.2) is 0 Å². The van der Waals surface area contributed by atoms with Gasteiger partial charge in [0.05, 0.1) is 22.1 Å². The fourth-order valence-corrected chi connectivity index (χ4v) is 8.76. The van der Waals surface area contributed by atoms with Gasteiger partial charge in [0.25, 0.3) is 0 Å². The molecule has 3 heteroatoms. The van der Waals surface area contributed by atoms with E-state index in [4.69, 9.17) is 4.42 Å². The number of nitrogens with zero attached hydrogens (tertiary/aromatic N) is 2. The van der Waals surface area contributed by atoms with Crippen LogP contribution in [0.1, 0.15) is 25.0 Å². The number of furan rings is 1.